The number of ketones is 1. The molecule has 1 saturated heterocycles. The number of rotatable bonds is 12. The minimum atomic E-state index is -0.689. The van der Waals surface area contributed by atoms with Crippen molar-refractivity contribution in [3.63, 3.8) is 0 Å². The number of aliphatic hydroxyl groups is 1. The van der Waals surface area contributed by atoms with Gasteiger partial charge < -0.3 is 24.4 Å². The lowest BCUT2D eigenvalue weighted by atomic mass is 9.94. The van der Waals surface area contributed by atoms with Crippen LogP contribution in [0.15, 0.2) is 48.0 Å². The van der Waals surface area contributed by atoms with Crippen LogP contribution in [-0.2, 0) is 9.59 Å². The van der Waals surface area contributed by atoms with E-state index in [9.17, 15) is 14.7 Å². The summed E-state index contributed by atoms with van der Waals surface area (Å²) >= 11 is 0. The Balaban J connectivity index is 2.00. The number of hydrogen-bond acceptors (Lipinski definition) is 6. The monoisotopic (exact) mass is 494 g/mol. The number of unbranched alkanes of at least 4 members (excludes halogenated alkanes) is 2. The molecule has 194 valence electrons. The smallest absolute Gasteiger partial charge is 0.295 e. The van der Waals surface area contributed by atoms with Crippen molar-refractivity contribution < 1.29 is 24.2 Å². The van der Waals surface area contributed by atoms with Gasteiger partial charge in [-0.05, 0) is 75.8 Å². The first-order valence-corrected chi connectivity index (χ1v) is 12.7. The Morgan fingerprint density at radius 2 is 1.75 bits per heavy atom. The highest BCUT2D eigenvalue weighted by atomic mass is 16.5. The summed E-state index contributed by atoms with van der Waals surface area (Å²) < 4.78 is 11.4. The molecule has 0 aromatic heterocycles. The van der Waals surface area contributed by atoms with E-state index in [0.717, 1.165) is 36.1 Å². The van der Waals surface area contributed by atoms with Crippen LogP contribution >= 0.6 is 0 Å². The van der Waals surface area contributed by atoms with Gasteiger partial charge in [0, 0.05) is 18.7 Å². The highest BCUT2D eigenvalue weighted by Crippen LogP contribution is 2.40. The molecule has 7 heteroatoms. The van der Waals surface area contributed by atoms with Gasteiger partial charge in [0.2, 0.25) is 0 Å². The Labute approximate surface area is 214 Å². The Morgan fingerprint density at radius 1 is 1.03 bits per heavy atom. The van der Waals surface area contributed by atoms with E-state index in [1.807, 2.05) is 57.1 Å². The van der Waals surface area contributed by atoms with E-state index >= 15 is 0 Å². The van der Waals surface area contributed by atoms with Crippen LogP contribution in [0.3, 0.4) is 0 Å². The number of amides is 1. The van der Waals surface area contributed by atoms with E-state index in [-0.39, 0.29) is 11.3 Å². The molecule has 1 aliphatic rings. The topological polar surface area (TPSA) is 79.3 Å². The number of Topliss-reactive ketones (excluding diaryl/α,β-unsaturated/α-hetero) is 1. The van der Waals surface area contributed by atoms with E-state index in [1.165, 1.54) is 0 Å². The van der Waals surface area contributed by atoms with Gasteiger partial charge in [0.25, 0.3) is 11.7 Å². The molecule has 36 heavy (non-hydrogen) atoms. The van der Waals surface area contributed by atoms with Gasteiger partial charge in [-0.15, -0.1) is 0 Å². The zero-order valence-corrected chi connectivity index (χ0v) is 22.0. The van der Waals surface area contributed by atoms with Crippen molar-refractivity contribution in [2.45, 2.75) is 46.1 Å². The van der Waals surface area contributed by atoms with E-state index in [2.05, 4.69) is 6.92 Å². The second kappa shape index (κ2) is 12.6. The first kappa shape index (κ1) is 27.3. The number of aliphatic hydroxyl groups excluding tert-OH is 1. The molecule has 1 atom stereocenters. The van der Waals surface area contributed by atoms with Crippen molar-refractivity contribution in [1.29, 1.82) is 0 Å². The molecular weight excluding hydrogens is 456 g/mol. The normalized spacial score (nSPS) is 17.2. The highest BCUT2D eigenvalue weighted by Gasteiger charge is 2.45. The number of carbonyl (C=O) groups is 2. The Kier molecular flexibility index (Phi) is 9.53. The summed E-state index contributed by atoms with van der Waals surface area (Å²) in [5, 5.41) is 11.3. The van der Waals surface area contributed by atoms with Gasteiger partial charge in [-0.25, -0.2) is 0 Å². The molecule has 1 amide bonds. The van der Waals surface area contributed by atoms with Gasteiger partial charge >= 0.3 is 0 Å². The quantitative estimate of drug-likeness (QED) is 0.195. The average molecular weight is 495 g/mol. The zero-order valence-electron chi connectivity index (χ0n) is 22.0. The van der Waals surface area contributed by atoms with Crippen LogP contribution in [0.4, 0.5) is 0 Å². The minimum Gasteiger partial charge on any atom is -0.507 e. The van der Waals surface area contributed by atoms with Gasteiger partial charge in [0.15, 0.2) is 0 Å². The third-order valence-electron chi connectivity index (χ3n) is 6.29. The SMILES string of the molecule is CCCCCOc1ccc(C2C(=C(O)c3ccc(OCC)c(C)c3)C(=O)C(=O)N2CCN(C)C)cc1. The summed E-state index contributed by atoms with van der Waals surface area (Å²) in [5.74, 6) is -0.0147. The number of likely N-dealkylation sites (tertiary alicyclic amines) is 1. The number of likely N-dealkylation sites (N-methyl/N-ethyl adjacent to an activating group) is 1. The van der Waals surface area contributed by atoms with E-state index in [4.69, 9.17) is 9.47 Å². The molecule has 0 radical (unpaired) electrons. The lowest BCUT2D eigenvalue weighted by molar-refractivity contribution is -0.140. The lowest BCUT2D eigenvalue weighted by Crippen LogP contribution is -2.35. The molecule has 2 aromatic rings. The van der Waals surface area contributed by atoms with Crippen LogP contribution < -0.4 is 9.47 Å². The second-order valence-corrected chi connectivity index (χ2v) is 9.33. The standard InChI is InChI=1S/C29H38N2O5/c1-6-8-9-18-36-23-13-10-21(11-14-23)26-25(28(33)29(34)31(26)17-16-30(4)5)27(32)22-12-15-24(35-7-2)20(3)19-22/h10-15,19,26,32H,6-9,16-18H2,1-5H3. The molecule has 2 aromatic carbocycles. The minimum absolute atomic E-state index is 0.0962. The van der Waals surface area contributed by atoms with Crippen molar-refractivity contribution in [2.24, 2.45) is 0 Å². The summed E-state index contributed by atoms with van der Waals surface area (Å²) in [7, 11) is 3.83. The van der Waals surface area contributed by atoms with Crippen molar-refractivity contribution in [1.82, 2.24) is 9.80 Å². The summed E-state index contributed by atoms with van der Waals surface area (Å²) in [4.78, 5) is 29.8. The van der Waals surface area contributed by atoms with Crippen molar-refractivity contribution >= 4 is 17.4 Å². The van der Waals surface area contributed by atoms with Crippen molar-refractivity contribution in [3.05, 3.63) is 64.7 Å². The molecule has 0 spiro atoms. The van der Waals surface area contributed by atoms with Gasteiger partial charge in [0.05, 0.1) is 24.8 Å². The zero-order chi connectivity index (χ0) is 26.2. The molecule has 1 unspecified atom stereocenters. The maximum absolute atomic E-state index is 13.2. The number of ether oxygens (including phenoxy) is 2. The number of aryl methyl sites for hydroxylation is 1. The molecule has 1 N–H and O–H groups in total. The van der Waals surface area contributed by atoms with Crippen LogP contribution in [0.25, 0.3) is 5.76 Å². The van der Waals surface area contributed by atoms with Crippen LogP contribution in [0, 0.1) is 6.92 Å². The summed E-state index contributed by atoms with van der Waals surface area (Å²) in [6.45, 7) is 8.06. The van der Waals surface area contributed by atoms with E-state index < -0.39 is 17.7 Å². The number of nitrogens with zero attached hydrogens (tertiary/aromatic N) is 2. The average Bonchev–Trinajstić information content (AvgIpc) is 3.11. The number of carbonyl (C=O) groups excluding carboxylic acids is 2. The van der Waals surface area contributed by atoms with Gasteiger partial charge in [-0.3, -0.25) is 9.59 Å². The summed E-state index contributed by atoms with van der Waals surface area (Å²) in [5.41, 5.74) is 2.16. The van der Waals surface area contributed by atoms with Gasteiger partial charge in [0.1, 0.15) is 17.3 Å². The van der Waals surface area contributed by atoms with Gasteiger partial charge in [-0.1, -0.05) is 31.9 Å². The number of benzene rings is 2. The van der Waals surface area contributed by atoms with E-state index in [0.29, 0.717) is 37.6 Å². The van der Waals surface area contributed by atoms with Crippen LogP contribution in [0.5, 0.6) is 11.5 Å². The third kappa shape index (κ3) is 6.26. The summed E-state index contributed by atoms with van der Waals surface area (Å²) in [6, 6.07) is 12.0. The Bertz CT molecular complexity index is 1090. The van der Waals surface area contributed by atoms with Gasteiger partial charge in [-0.2, -0.15) is 0 Å². The van der Waals surface area contributed by atoms with Crippen LogP contribution in [-0.4, -0.2) is 67.0 Å². The lowest BCUT2D eigenvalue weighted by Gasteiger charge is -2.26. The number of hydrogen-bond donors (Lipinski definition) is 1. The molecule has 3 rings (SSSR count). The largest absolute Gasteiger partial charge is 0.507 e. The van der Waals surface area contributed by atoms with E-state index in [1.54, 1.807) is 23.1 Å². The highest BCUT2D eigenvalue weighted by molar-refractivity contribution is 6.46. The molecule has 1 fully saturated rings. The fourth-order valence-electron chi connectivity index (χ4n) is 4.32. The maximum atomic E-state index is 13.2. The Morgan fingerprint density at radius 3 is 2.36 bits per heavy atom. The molecule has 0 aliphatic carbocycles. The fourth-order valence-corrected chi connectivity index (χ4v) is 4.32. The molecule has 0 bridgehead atoms. The predicted octanol–water partition coefficient (Wildman–Crippen LogP) is 4.95. The molecule has 7 nitrogen and oxygen atoms in total. The first-order valence-electron chi connectivity index (χ1n) is 12.7. The fraction of sp³-hybridized carbons (Fsp3) is 0.448. The van der Waals surface area contributed by atoms with Crippen molar-refractivity contribution in [3.8, 4) is 11.5 Å². The van der Waals surface area contributed by atoms with Crippen LogP contribution in [0.1, 0.15) is 55.8 Å². The Hall–Kier alpha value is -3.32. The van der Waals surface area contributed by atoms with Crippen molar-refractivity contribution in [2.75, 3.05) is 40.4 Å². The van der Waals surface area contributed by atoms with Crippen LogP contribution in [0.2, 0.25) is 0 Å². The summed E-state index contributed by atoms with van der Waals surface area (Å²) in [6.07, 6.45) is 3.23. The molecular formula is C29H38N2O5. The first-order chi connectivity index (χ1) is 17.3. The molecule has 0 saturated carbocycles. The molecule has 1 heterocycles. The second-order valence-electron chi connectivity index (χ2n) is 9.33. The molecule has 1 aliphatic heterocycles. The third-order valence-corrected chi connectivity index (χ3v) is 6.29. The predicted molar refractivity (Wildman–Crippen MR) is 141 cm³/mol. The maximum Gasteiger partial charge on any atom is 0.295 e.